The number of carbonyl (C=O) groups excluding carboxylic acids is 2. The lowest BCUT2D eigenvalue weighted by molar-refractivity contribution is -0.128. The Bertz CT molecular complexity index is 2180. The van der Waals surface area contributed by atoms with Gasteiger partial charge in [0.15, 0.2) is 5.82 Å². The molecule has 15 heteroatoms. The second-order valence-electron chi connectivity index (χ2n) is 15.4. The smallest absolute Gasteiger partial charge is 0.410 e. The number of pyridine rings is 1. The van der Waals surface area contributed by atoms with Gasteiger partial charge in [-0.3, -0.25) is 19.6 Å². The lowest BCUT2D eigenvalue weighted by Crippen LogP contribution is -2.50. The first-order chi connectivity index (χ1) is 26.0. The molecule has 2 amide bonds. The first kappa shape index (κ1) is 34.8. The number of likely N-dealkylation sites (tertiary alicyclic amines) is 1. The maximum absolute atomic E-state index is 17.1. The Labute approximate surface area is 309 Å². The number of halogens is 3. The molecule has 5 aliphatic rings. The third-order valence-electron chi connectivity index (χ3n) is 12.3. The summed E-state index contributed by atoms with van der Waals surface area (Å²) >= 11 is 0. The minimum atomic E-state index is -0.956. The van der Waals surface area contributed by atoms with Crippen molar-refractivity contribution in [2.45, 2.75) is 82.3 Å². The van der Waals surface area contributed by atoms with E-state index in [1.807, 2.05) is 11.8 Å². The summed E-state index contributed by atoms with van der Waals surface area (Å²) in [4.78, 5) is 46.6. The molecule has 5 saturated heterocycles. The number of phenols is 1. The van der Waals surface area contributed by atoms with Gasteiger partial charge in [-0.1, -0.05) is 13.0 Å². The van der Waals surface area contributed by atoms with Crippen LogP contribution in [0.5, 0.6) is 11.8 Å². The predicted molar refractivity (Wildman–Crippen MR) is 193 cm³/mol. The van der Waals surface area contributed by atoms with Crippen LogP contribution in [0.25, 0.3) is 32.9 Å². The van der Waals surface area contributed by atoms with Crippen LogP contribution in [0, 0.1) is 11.6 Å². The summed E-state index contributed by atoms with van der Waals surface area (Å²) < 4.78 is 58.7. The highest BCUT2D eigenvalue weighted by Crippen LogP contribution is 2.42. The Morgan fingerprint density at radius 2 is 1.93 bits per heavy atom. The Balaban J connectivity index is 1.08. The highest BCUT2D eigenvalue weighted by Gasteiger charge is 2.51. The fourth-order valence-corrected chi connectivity index (χ4v) is 9.69. The largest absolute Gasteiger partial charge is 0.508 e. The van der Waals surface area contributed by atoms with Crippen molar-refractivity contribution in [3.63, 3.8) is 0 Å². The SMILES string of the molecule is CCc1c(F)ccc2cc(O)cc(-c3ncc4c(N5CCC(N6C(=O)OC7CN(C(C)=O)CC76)CC5)nc(OC[C@@]56CCCN5C[C@H](F)C6)nc4c3F)c12. The third-order valence-corrected chi connectivity index (χ3v) is 12.3. The monoisotopic (exact) mass is 745 g/mol. The summed E-state index contributed by atoms with van der Waals surface area (Å²) in [6, 6.07) is 5.39. The van der Waals surface area contributed by atoms with Crippen LogP contribution in [-0.2, 0) is 16.0 Å². The average Bonchev–Trinajstić information content (AvgIpc) is 3.89. The van der Waals surface area contributed by atoms with Gasteiger partial charge in [0.05, 0.1) is 23.5 Å². The normalized spacial score (nSPS) is 25.9. The summed E-state index contributed by atoms with van der Waals surface area (Å²) in [6.07, 6.45) is 3.34. The van der Waals surface area contributed by atoms with Crippen molar-refractivity contribution in [2.24, 2.45) is 0 Å². The maximum atomic E-state index is 17.1. The van der Waals surface area contributed by atoms with E-state index in [2.05, 4.69) is 14.9 Å². The van der Waals surface area contributed by atoms with Crippen molar-refractivity contribution < 1.29 is 37.3 Å². The quantitative estimate of drug-likeness (QED) is 0.264. The van der Waals surface area contributed by atoms with E-state index in [1.165, 1.54) is 31.3 Å². The molecule has 2 aromatic heterocycles. The van der Waals surface area contributed by atoms with Gasteiger partial charge in [0.2, 0.25) is 5.91 Å². The molecule has 2 unspecified atom stereocenters. The summed E-state index contributed by atoms with van der Waals surface area (Å²) in [5, 5.41) is 12.0. The number of aromatic hydroxyl groups is 1. The van der Waals surface area contributed by atoms with Crippen molar-refractivity contribution in [3.8, 4) is 23.0 Å². The zero-order chi connectivity index (χ0) is 37.5. The molecule has 7 heterocycles. The van der Waals surface area contributed by atoms with Crippen molar-refractivity contribution in [3.05, 3.63) is 47.7 Å². The fourth-order valence-electron chi connectivity index (χ4n) is 9.69. The molecule has 0 spiro atoms. The number of hydrogen-bond acceptors (Lipinski definition) is 10. The van der Waals surface area contributed by atoms with Crippen molar-refractivity contribution >= 4 is 39.5 Å². The number of nitrogens with zero attached hydrogens (tertiary/aromatic N) is 7. The third kappa shape index (κ3) is 5.64. The highest BCUT2D eigenvalue weighted by atomic mass is 19.1. The van der Waals surface area contributed by atoms with Crippen LogP contribution >= 0.6 is 0 Å². The van der Waals surface area contributed by atoms with Crippen LogP contribution in [0.4, 0.5) is 23.8 Å². The van der Waals surface area contributed by atoms with E-state index in [0.717, 1.165) is 19.4 Å². The zero-order valence-electron chi connectivity index (χ0n) is 30.2. The molecule has 5 fully saturated rings. The highest BCUT2D eigenvalue weighted by molar-refractivity contribution is 6.01. The maximum Gasteiger partial charge on any atom is 0.410 e. The number of amides is 2. The number of alkyl halides is 1. The number of rotatable bonds is 7. The van der Waals surface area contributed by atoms with Crippen LogP contribution in [0.3, 0.4) is 0 Å². The lowest BCUT2D eigenvalue weighted by Gasteiger charge is -2.38. The topological polar surface area (TPSA) is 124 Å². The number of carbonyl (C=O) groups is 2. The van der Waals surface area contributed by atoms with Gasteiger partial charge < -0.3 is 24.4 Å². The van der Waals surface area contributed by atoms with Crippen LogP contribution in [-0.4, -0.2) is 123 Å². The van der Waals surface area contributed by atoms with Gasteiger partial charge in [-0.15, -0.1) is 0 Å². The first-order valence-corrected chi connectivity index (χ1v) is 18.9. The molecule has 0 aliphatic carbocycles. The molecule has 4 atom stereocenters. The minimum absolute atomic E-state index is 0.0510. The number of ether oxygens (including phenoxy) is 2. The molecular formula is C39H42F3N7O5. The predicted octanol–water partition coefficient (Wildman–Crippen LogP) is 5.37. The van der Waals surface area contributed by atoms with Crippen molar-refractivity contribution in [1.82, 2.24) is 29.7 Å². The van der Waals surface area contributed by atoms with E-state index in [1.54, 1.807) is 15.9 Å². The molecule has 0 radical (unpaired) electrons. The second kappa shape index (κ2) is 13.1. The van der Waals surface area contributed by atoms with Gasteiger partial charge in [0.1, 0.15) is 47.5 Å². The number of phenolic OH excluding ortho intramolecular Hbond substituents is 1. The molecule has 54 heavy (non-hydrogen) atoms. The van der Waals surface area contributed by atoms with Gasteiger partial charge in [-0.05, 0) is 73.2 Å². The van der Waals surface area contributed by atoms with Gasteiger partial charge in [0.25, 0.3) is 0 Å². The molecule has 0 saturated carbocycles. The Hall–Kier alpha value is -4.92. The van der Waals surface area contributed by atoms with Crippen LogP contribution in [0.1, 0.15) is 51.5 Å². The molecule has 1 N–H and O–H groups in total. The number of anilines is 1. The average molecular weight is 746 g/mol. The van der Waals surface area contributed by atoms with E-state index >= 15 is 8.78 Å². The Morgan fingerprint density at radius 3 is 2.70 bits per heavy atom. The van der Waals surface area contributed by atoms with E-state index in [0.29, 0.717) is 85.9 Å². The summed E-state index contributed by atoms with van der Waals surface area (Å²) in [5.74, 6) is -0.979. The van der Waals surface area contributed by atoms with Crippen molar-refractivity contribution in [1.29, 1.82) is 0 Å². The molecule has 12 nitrogen and oxygen atoms in total. The van der Waals surface area contributed by atoms with Gasteiger partial charge in [0, 0.05) is 57.3 Å². The van der Waals surface area contributed by atoms with E-state index in [9.17, 15) is 19.1 Å². The number of fused-ring (bicyclic) bond motifs is 4. The summed E-state index contributed by atoms with van der Waals surface area (Å²) in [5.41, 5.74) is -0.0323. The first-order valence-electron chi connectivity index (χ1n) is 18.9. The fraction of sp³-hybridized carbons (Fsp3) is 0.513. The molecule has 284 valence electrons. The lowest BCUT2D eigenvalue weighted by atomic mass is 9.94. The number of piperidine rings is 1. The molecule has 5 aliphatic heterocycles. The Morgan fingerprint density at radius 1 is 1.11 bits per heavy atom. The van der Waals surface area contributed by atoms with Crippen LogP contribution in [0.2, 0.25) is 0 Å². The molecule has 2 aromatic carbocycles. The molecule has 0 bridgehead atoms. The minimum Gasteiger partial charge on any atom is -0.508 e. The number of hydrogen-bond donors (Lipinski definition) is 1. The van der Waals surface area contributed by atoms with Gasteiger partial charge in [-0.25, -0.2) is 18.0 Å². The van der Waals surface area contributed by atoms with Crippen molar-refractivity contribution in [2.75, 3.05) is 50.8 Å². The van der Waals surface area contributed by atoms with Crippen LogP contribution < -0.4 is 9.64 Å². The molecule has 4 aromatic rings. The van der Waals surface area contributed by atoms with Gasteiger partial charge in [-0.2, -0.15) is 9.97 Å². The summed E-state index contributed by atoms with van der Waals surface area (Å²) in [7, 11) is 0. The van der Waals surface area contributed by atoms with E-state index in [-0.39, 0.29) is 65.3 Å². The number of aromatic nitrogens is 3. The zero-order valence-corrected chi connectivity index (χ0v) is 30.2. The van der Waals surface area contributed by atoms with E-state index < -0.39 is 23.3 Å². The number of aryl methyl sites for hydroxylation is 1. The molecular weight excluding hydrogens is 703 g/mol. The second-order valence-corrected chi connectivity index (χ2v) is 15.4. The van der Waals surface area contributed by atoms with Gasteiger partial charge >= 0.3 is 12.1 Å². The van der Waals surface area contributed by atoms with E-state index in [4.69, 9.17) is 14.5 Å². The number of benzene rings is 2. The molecule has 9 rings (SSSR count). The standard InChI is InChI=1S/C39H42F3N7O5/c1-3-26-29(41)6-5-22-13-25(51)14-27(32(22)26)34-33(42)35-28(16-43-34)36(45-37(44-35)53-20-39-9-4-10-48(39)17-23(40)15-39)46-11-7-24(8-12-46)49-30-18-47(21(2)50)19-31(30)54-38(49)52/h5-6,13-14,16,23-24,30-31,51H,3-4,7-12,15,17-20H2,1-2H3/t23-,30?,31?,39+/m1/s1. The summed E-state index contributed by atoms with van der Waals surface area (Å²) in [6.45, 7) is 6.35. The van der Waals surface area contributed by atoms with Crippen LogP contribution in [0.15, 0.2) is 30.5 Å². The Kier molecular flexibility index (Phi) is 8.47.